The molecule has 0 atom stereocenters. The number of rotatable bonds is 9. The quantitative estimate of drug-likeness (QED) is 0.561. The van der Waals surface area contributed by atoms with Gasteiger partial charge in [0.05, 0.1) is 28.9 Å². The summed E-state index contributed by atoms with van der Waals surface area (Å²) >= 11 is 8.14. The lowest BCUT2D eigenvalue weighted by Crippen LogP contribution is -2.48. The van der Waals surface area contributed by atoms with Crippen LogP contribution in [0.25, 0.3) is 0 Å². The van der Waals surface area contributed by atoms with Crippen LogP contribution in [0.3, 0.4) is 0 Å². The number of aryl methyl sites for hydroxylation is 1. The van der Waals surface area contributed by atoms with Gasteiger partial charge >= 0.3 is 0 Å². The summed E-state index contributed by atoms with van der Waals surface area (Å²) in [6, 6.07) is 3.43. The molecule has 0 saturated carbocycles. The molecule has 1 amide bonds. The highest BCUT2D eigenvalue weighted by Crippen LogP contribution is 2.37. The van der Waals surface area contributed by atoms with Crippen molar-refractivity contribution in [1.29, 1.82) is 0 Å². The van der Waals surface area contributed by atoms with Gasteiger partial charge in [-0.3, -0.25) is 9.69 Å². The second kappa shape index (κ2) is 11.0. The van der Waals surface area contributed by atoms with Crippen molar-refractivity contribution in [2.75, 3.05) is 39.4 Å². The smallest absolute Gasteiger partial charge is 0.254 e. The van der Waals surface area contributed by atoms with Crippen LogP contribution in [0.5, 0.6) is 11.5 Å². The topological polar surface area (TPSA) is 54.9 Å². The van der Waals surface area contributed by atoms with Crippen LogP contribution < -0.4 is 9.47 Å². The van der Waals surface area contributed by atoms with Crippen LogP contribution in [0, 0.1) is 0 Å². The number of amides is 1. The molecular weight excluding hydrogens is 422 g/mol. The molecule has 2 heterocycles. The first-order valence-corrected chi connectivity index (χ1v) is 11.8. The van der Waals surface area contributed by atoms with Crippen molar-refractivity contribution in [2.24, 2.45) is 0 Å². The van der Waals surface area contributed by atoms with E-state index in [4.69, 9.17) is 21.1 Å². The first-order valence-electron chi connectivity index (χ1n) is 10.6. The van der Waals surface area contributed by atoms with Gasteiger partial charge in [-0.15, -0.1) is 11.3 Å². The van der Waals surface area contributed by atoms with Gasteiger partial charge in [0.2, 0.25) is 0 Å². The first kappa shape index (κ1) is 22.8. The highest BCUT2D eigenvalue weighted by molar-refractivity contribution is 7.09. The number of carbonyl (C=O) groups is 1. The predicted octanol–water partition coefficient (Wildman–Crippen LogP) is 4.50. The van der Waals surface area contributed by atoms with Gasteiger partial charge in [0.25, 0.3) is 5.91 Å². The molecule has 1 aliphatic heterocycles. The Bertz CT molecular complexity index is 850. The Balaban J connectivity index is 1.63. The highest BCUT2D eigenvalue weighted by atomic mass is 35.5. The molecule has 1 aromatic heterocycles. The summed E-state index contributed by atoms with van der Waals surface area (Å²) in [5, 5.41) is 3.72. The van der Waals surface area contributed by atoms with Crippen molar-refractivity contribution in [3.63, 3.8) is 0 Å². The number of hydrogen-bond acceptors (Lipinski definition) is 6. The molecule has 164 valence electrons. The van der Waals surface area contributed by atoms with Gasteiger partial charge in [-0.2, -0.15) is 0 Å². The summed E-state index contributed by atoms with van der Waals surface area (Å²) in [7, 11) is 0. The zero-order chi connectivity index (χ0) is 21.5. The van der Waals surface area contributed by atoms with E-state index in [-0.39, 0.29) is 5.91 Å². The van der Waals surface area contributed by atoms with E-state index in [9.17, 15) is 4.79 Å². The molecule has 0 N–H and O–H groups in total. The van der Waals surface area contributed by atoms with E-state index in [1.165, 1.54) is 5.01 Å². The number of nitrogens with zero attached hydrogens (tertiary/aromatic N) is 3. The maximum atomic E-state index is 13.1. The minimum absolute atomic E-state index is 0.0264. The van der Waals surface area contributed by atoms with Crippen LogP contribution in [-0.2, 0) is 13.0 Å². The van der Waals surface area contributed by atoms with Crippen LogP contribution in [0.1, 0.15) is 48.3 Å². The number of piperazine rings is 1. The molecule has 0 radical (unpaired) electrons. The fourth-order valence-corrected chi connectivity index (χ4v) is 4.40. The monoisotopic (exact) mass is 451 g/mol. The van der Waals surface area contributed by atoms with E-state index in [0.717, 1.165) is 38.2 Å². The molecule has 0 unspecified atom stereocenters. The molecule has 8 heteroatoms. The van der Waals surface area contributed by atoms with Gasteiger partial charge in [0.1, 0.15) is 0 Å². The van der Waals surface area contributed by atoms with Crippen molar-refractivity contribution in [3.05, 3.63) is 38.8 Å². The van der Waals surface area contributed by atoms with Crippen molar-refractivity contribution in [1.82, 2.24) is 14.8 Å². The van der Waals surface area contributed by atoms with Crippen LogP contribution in [0.15, 0.2) is 17.5 Å². The number of carbonyl (C=O) groups excluding carboxylic acids is 1. The fourth-order valence-electron chi connectivity index (χ4n) is 3.40. The molecule has 3 rings (SSSR count). The Labute approximate surface area is 187 Å². The van der Waals surface area contributed by atoms with Crippen LogP contribution >= 0.6 is 22.9 Å². The molecule has 1 aliphatic rings. The Morgan fingerprint density at radius 3 is 2.57 bits per heavy atom. The number of hydrogen-bond donors (Lipinski definition) is 0. The van der Waals surface area contributed by atoms with Gasteiger partial charge in [-0.05, 0) is 31.9 Å². The van der Waals surface area contributed by atoms with Crippen LogP contribution in [-0.4, -0.2) is 60.1 Å². The van der Waals surface area contributed by atoms with Gasteiger partial charge in [-0.1, -0.05) is 25.4 Å². The van der Waals surface area contributed by atoms with E-state index in [2.05, 4.69) is 22.2 Å². The highest BCUT2D eigenvalue weighted by Gasteiger charge is 2.25. The van der Waals surface area contributed by atoms with Gasteiger partial charge < -0.3 is 14.4 Å². The predicted molar refractivity (Wildman–Crippen MR) is 121 cm³/mol. The zero-order valence-corrected chi connectivity index (χ0v) is 19.5. The molecule has 6 nitrogen and oxygen atoms in total. The molecular formula is C22H30ClN3O3S. The minimum Gasteiger partial charge on any atom is -0.490 e. The van der Waals surface area contributed by atoms with E-state index >= 15 is 0 Å². The van der Waals surface area contributed by atoms with E-state index in [1.54, 1.807) is 23.5 Å². The number of ether oxygens (including phenoxy) is 2. The second-order valence-electron chi connectivity index (χ2n) is 7.22. The molecule has 0 spiro atoms. The van der Waals surface area contributed by atoms with Gasteiger partial charge in [0, 0.05) is 43.7 Å². The third-order valence-corrected chi connectivity index (χ3v) is 6.28. The number of thiazole rings is 1. The summed E-state index contributed by atoms with van der Waals surface area (Å²) in [6.45, 7) is 10.9. The molecule has 30 heavy (non-hydrogen) atoms. The molecule has 1 aromatic carbocycles. The van der Waals surface area contributed by atoms with Gasteiger partial charge in [0.15, 0.2) is 11.5 Å². The average Bonchev–Trinajstić information content (AvgIpc) is 3.21. The number of aromatic nitrogens is 1. The average molecular weight is 452 g/mol. The maximum Gasteiger partial charge on any atom is 0.254 e. The van der Waals surface area contributed by atoms with Crippen molar-refractivity contribution in [2.45, 2.75) is 40.2 Å². The summed E-state index contributed by atoms with van der Waals surface area (Å²) in [4.78, 5) is 22.0. The normalized spacial score (nSPS) is 14.7. The van der Waals surface area contributed by atoms with Gasteiger partial charge in [-0.25, -0.2) is 4.98 Å². The fraction of sp³-hybridized carbons (Fsp3) is 0.545. The Morgan fingerprint density at radius 2 is 1.93 bits per heavy atom. The van der Waals surface area contributed by atoms with E-state index in [0.29, 0.717) is 48.4 Å². The summed E-state index contributed by atoms with van der Waals surface area (Å²) in [5.41, 5.74) is 1.65. The molecule has 1 saturated heterocycles. The van der Waals surface area contributed by atoms with Crippen molar-refractivity contribution < 1.29 is 14.3 Å². The number of halogens is 1. The SMILES string of the molecule is CCCOc1c(Cl)cc(C(=O)N2CCN(Cc3csc(CC)n3)CC2)cc1OCC. The van der Waals surface area contributed by atoms with Crippen LogP contribution in [0.2, 0.25) is 5.02 Å². The Morgan fingerprint density at radius 1 is 1.17 bits per heavy atom. The molecule has 1 fully saturated rings. The summed E-state index contributed by atoms with van der Waals surface area (Å²) in [5.74, 6) is 1.01. The third kappa shape index (κ3) is 5.65. The minimum atomic E-state index is -0.0264. The second-order valence-corrected chi connectivity index (χ2v) is 8.57. The van der Waals surface area contributed by atoms with Crippen molar-refractivity contribution in [3.8, 4) is 11.5 Å². The lowest BCUT2D eigenvalue weighted by Gasteiger charge is -2.34. The Hall–Kier alpha value is -1.83. The summed E-state index contributed by atoms with van der Waals surface area (Å²) in [6.07, 6.45) is 1.84. The van der Waals surface area contributed by atoms with Crippen LogP contribution in [0.4, 0.5) is 0 Å². The first-order chi connectivity index (χ1) is 14.5. The summed E-state index contributed by atoms with van der Waals surface area (Å²) < 4.78 is 11.4. The standard InChI is InChI=1S/C22H30ClN3O3S/c1-4-11-29-21-18(23)12-16(13-19(21)28-6-3)22(27)26-9-7-25(8-10-26)14-17-15-30-20(5-2)24-17/h12-13,15H,4-11,14H2,1-3H3. The zero-order valence-electron chi connectivity index (χ0n) is 17.9. The molecule has 0 aliphatic carbocycles. The lowest BCUT2D eigenvalue weighted by atomic mass is 10.1. The van der Waals surface area contributed by atoms with E-state index in [1.807, 2.05) is 18.7 Å². The van der Waals surface area contributed by atoms with Crippen molar-refractivity contribution >= 4 is 28.8 Å². The number of benzene rings is 1. The third-order valence-electron chi connectivity index (χ3n) is 4.95. The Kier molecular flexibility index (Phi) is 8.36. The molecule has 2 aromatic rings. The van der Waals surface area contributed by atoms with E-state index < -0.39 is 0 Å². The maximum absolute atomic E-state index is 13.1. The largest absolute Gasteiger partial charge is 0.490 e. The lowest BCUT2D eigenvalue weighted by molar-refractivity contribution is 0.0626. The molecule has 0 bridgehead atoms.